The van der Waals surface area contributed by atoms with Crippen molar-refractivity contribution < 1.29 is 4.79 Å². The van der Waals surface area contributed by atoms with E-state index in [1.807, 2.05) is 51.5 Å². The first-order valence-corrected chi connectivity index (χ1v) is 9.61. The van der Waals surface area contributed by atoms with E-state index in [4.69, 9.17) is 0 Å². The molecule has 1 heterocycles. The Labute approximate surface area is 163 Å². The van der Waals surface area contributed by atoms with Gasteiger partial charge in [-0.15, -0.1) is 5.10 Å². The molecular formula is C20H23N5OS. The van der Waals surface area contributed by atoms with Crippen LogP contribution in [-0.4, -0.2) is 52.5 Å². The molecule has 0 spiro atoms. The van der Waals surface area contributed by atoms with E-state index in [1.165, 1.54) is 11.8 Å². The molecule has 6 nitrogen and oxygen atoms in total. The lowest BCUT2D eigenvalue weighted by atomic mass is 10.2. The molecule has 2 aromatic carbocycles. The van der Waals surface area contributed by atoms with Crippen molar-refractivity contribution in [2.45, 2.75) is 11.7 Å². The number of nitrogens with zero attached hydrogens (tertiary/aromatic N) is 5. The molecule has 0 fully saturated rings. The number of hydrogen-bond donors (Lipinski definition) is 0. The molecule has 0 atom stereocenters. The Morgan fingerprint density at radius 3 is 2.41 bits per heavy atom. The summed E-state index contributed by atoms with van der Waals surface area (Å²) in [5.41, 5.74) is 3.19. The second-order valence-corrected chi connectivity index (χ2v) is 7.35. The van der Waals surface area contributed by atoms with Crippen LogP contribution in [-0.2, 0) is 11.3 Å². The number of para-hydroxylation sites is 1. The van der Waals surface area contributed by atoms with Gasteiger partial charge in [0.1, 0.15) is 6.33 Å². The highest BCUT2D eigenvalue weighted by atomic mass is 32.2. The highest BCUT2D eigenvalue weighted by Crippen LogP contribution is 2.16. The van der Waals surface area contributed by atoms with Crippen molar-refractivity contribution in [1.82, 2.24) is 19.7 Å². The molecular weight excluding hydrogens is 358 g/mol. The predicted octanol–water partition coefficient (Wildman–Crippen LogP) is 3.08. The van der Waals surface area contributed by atoms with Crippen LogP contribution in [0.2, 0.25) is 0 Å². The first-order valence-electron chi connectivity index (χ1n) is 8.63. The average Bonchev–Trinajstić information content (AvgIpc) is 3.16. The minimum Gasteiger partial charge on any atom is -0.378 e. The molecule has 0 bridgehead atoms. The average molecular weight is 382 g/mol. The SMILES string of the molecule is CN(Cc1ccc(N(C)C)cc1)C(=O)CSc1ncn(-c2ccccc2)n1. The summed E-state index contributed by atoms with van der Waals surface area (Å²) >= 11 is 1.35. The molecule has 0 aliphatic carbocycles. The Morgan fingerprint density at radius 1 is 1.04 bits per heavy atom. The van der Waals surface area contributed by atoms with Gasteiger partial charge in [0.05, 0.1) is 11.4 Å². The maximum atomic E-state index is 12.4. The van der Waals surface area contributed by atoms with Gasteiger partial charge in [-0.3, -0.25) is 4.79 Å². The van der Waals surface area contributed by atoms with Gasteiger partial charge >= 0.3 is 0 Å². The Kier molecular flexibility index (Phi) is 6.13. The standard InChI is InChI=1S/C20H23N5OS/c1-23(2)17-11-9-16(10-12-17)13-24(3)19(26)14-27-20-21-15-25(22-20)18-7-5-4-6-8-18/h4-12,15H,13-14H2,1-3H3. The molecule has 0 saturated heterocycles. The van der Waals surface area contributed by atoms with E-state index in [1.54, 1.807) is 15.9 Å². The second-order valence-electron chi connectivity index (χ2n) is 6.41. The fraction of sp³-hybridized carbons (Fsp3) is 0.250. The lowest BCUT2D eigenvalue weighted by Gasteiger charge is -2.18. The van der Waals surface area contributed by atoms with Crippen LogP contribution in [0.1, 0.15) is 5.56 Å². The molecule has 3 rings (SSSR count). The van der Waals surface area contributed by atoms with E-state index in [0.717, 1.165) is 16.9 Å². The molecule has 0 saturated carbocycles. The first-order chi connectivity index (χ1) is 13.0. The number of carbonyl (C=O) groups excluding carboxylic acids is 1. The number of amides is 1. The summed E-state index contributed by atoms with van der Waals surface area (Å²) in [5.74, 6) is 0.359. The minimum absolute atomic E-state index is 0.0488. The van der Waals surface area contributed by atoms with Crippen molar-refractivity contribution >= 4 is 23.4 Å². The lowest BCUT2D eigenvalue weighted by Crippen LogP contribution is -2.27. The highest BCUT2D eigenvalue weighted by Gasteiger charge is 2.12. The van der Waals surface area contributed by atoms with E-state index >= 15 is 0 Å². The number of anilines is 1. The van der Waals surface area contributed by atoms with Crippen LogP contribution in [0.3, 0.4) is 0 Å². The van der Waals surface area contributed by atoms with Gasteiger partial charge in [-0.25, -0.2) is 9.67 Å². The third-order valence-corrected chi connectivity index (χ3v) is 4.95. The number of benzene rings is 2. The van der Waals surface area contributed by atoms with E-state index in [-0.39, 0.29) is 5.91 Å². The summed E-state index contributed by atoms with van der Waals surface area (Å²) in [5, 5.41) is 5.01. The molecule has 7 heteroatoms. The van der Waals surface area contributed by atoms with Crippen LogP contribution in [0.5, 0.6) is 0 Å². The van der Waals surface area contributed by atoms with Crippen molar-refractivity contribution in [3.8, 4) is 5.69 Å². The van der Waals surface area contributed by atoms with E-state index < -0.39 is 0 Å². The van der Waals surface area contributed by atoms with Crippen molar-refractivity contribution in [3.63, 3.8) is 0 Å². The maximum absolute atomic E-state index is 12.4. The minimum atomic E-state index is 0.0488. The Morgan fingerprint density at radius 2 is 1.74 bits per heavy atom. The van der Waals surface area contributed by atoms with E-state index in [2.05, 4.69) is 39.2 Å². The van der Waals surface area contributed by atoms with Crippen molar-refractivity contribution in [2.24, 2.45) is 0 Å². The number of hydrogen-bond acceptors (Lipinski definition) is 5. The molecule has 1 aromatic heterocycles. The van der Waals surface area contributed by atoms with Crippen LogP contribution in [0.4, 0.5) is 5.69 Å². The predicted molar refractivity (Wildman–Crippen MR) is 109 cm³/mol. The summed E-state index contributed by atoms with van der Waals surface area (Å²) < 4.78 is 1.71. The van der Waals surface area contributed by atoms with Crippen LogP contribution in [0.25, 0.3) is 5.69 Å². The van der Waals surface area contributed by atoms with Gasteiger partial charge < -0.3 is 9.80 Å². The van der Waals surface area contributed by atoms with Crippen molar-refractivity contribution in [1.29, 1.82) is 0 Å². The fourth-order valence-corrected chi connectivity index (χ4v) is 3.26. The molecule has 140 valence electrons. The van der Waals surface area contributed by atoms with Gasteiger partial charge in [0, 0.05) is 33.4 Å². The van der Waals surface area contributed by atoms with Crippen molar-refractivity contribution in [2.75, 3.05) is 31.8 Å². The number of rotatable bonds is 7. The van der Waals surface area contributed by atoms with Gasteiger partial charge in [-0.2, -0.15) is 0 Å². The van der Waals surface area contributed by atoms with Gasteiger partial charge in [0.15, 0.2) is 0 Å². The zero-order valence-electron chi connectivity index (χ0n) is 15.7. The number of aromatic nitrogens is 3. The quantitative estimate of drug-likeness (QED) is 0.589. The molecule has 0 unspecified atom stereocenters. The molecule has 1 amide bonds. The topological polar surface area (TPSA) is 54.3 Å². The number of thioether (sulfide) groups is 1. The molecule has 3 aromatic rings. The molecule has 27 heavy (non-hydrogen) atoms. The maximum Gasteiger partial charge on any atom is 0.233 e. The fourth-order valence-electron chi connectivity index (χ4n) is 2.52. The third-order valence-electron chi connectivity index (χ3n) is 4.11. The Bertz CT molecular complexity index is 877. The molecule has 0 aliphatic rings. The second kappa shape index (κ2) is 8.73. The normalized spacial score (nSPS) is 10.6. The van der Waals surface area contributed by atoms with Crippen molar-refractivity contribution in [3.05, 3.63) is 66.5 Å². The zero-order valence-corrected chi connectivity index (χ0v) is 16.6. The third kappa shape index (κ3) is 5.10. The number of carbonyl (C=O) groups is 1. The van der Waals surface area contributed by atoms with Crippen LogP contribution in [0.15, 0.2) is 66.1 Å². The van der Waals surface area contributed by atoms with Crippen LogP contribution < -0.4 is 4.90 Å². The summed E-state index contributed by atoms with van der Waals surface area (Å²) in [7, 11) is 5.84. The van der Waals surface area contributed by atoms with E-state index in [0.29, 0.717) is 17.5 Å². The highest BCUT2D eigenvalue weighted by molar-refractivity contribution is 7.99. The van der Waals surface area contributed by atoms with Gasteiger partial charge in [0.25, 0.3) is 0 Å². The van der Waals surface area contributed by atoms with Gasteiger partial charge in [0.2, 0.25) is 11.1 Å². The summed E-state index contributed by atoms with van der Waals surface area (Å²) in [4.78, 5) is 20.5. The van der Waals surface area contributed by atoms with E-state index in [9.17, 15) is 4.79 Å². The monoisotopic (exact) mass is 381 g/mol. The first kappa shape index (κ1) is 19.0. The molecule has 0 radical (unpaired) electrons. The lowest BCUT2D eigenvalue weighted by molar-refractivity contribution is -0.127. The largest absolute Gasteiger partial charge is 0.378 e. The Balaban J connectivity index is 1.52. The molecule has 0 aliphatic heterocycles. The molecule has 0 N–H and O–H groups in total. The van der Waals surface area contributed by atoms with Crippen LogP contribution in [0, 0.1) is 0 Å². The summed E-state index contributed by atoms with van der Waals surface area (Å²) in [6, 6.07) is 18.0. The summed E-state index contributed by atoms with van der Waals surface area (Å²) in [6.07, 6.45) is 1.66. The zero-order chi connectivity index (χ0) is 19.2. The van der Waals surface area contributed by atoms with Gasteiger partial charge in [-0.1, -0.05) is 42.1 Å². The smallest absolute Gasteiger partial charge is 0.233 e. The Hall–Kier alpha value is -2.80. The summed E-state index contributed by atoms with van der Waals surface area (Å²) in [6.45, 7) is 0.582. The van der Waals surface area contributed by atoms with Gasteiger partial charge in [-0.05, 0) is 29.8 Å². The van der Waals surface area contributed by atoms with Crippen LogP contribution >= 0.6 is 11.8 Å².